The molecule has 0 spiro atoms. The molecule has 0 bridgehead atoms. The third-order valence-electron chi connectivity index (χ3n) is 2.35. The SMILES string of the molecule is c1cc(Nc2nccs2)cc(-c2ccco2)c1. The van der Waals surface area contributed by atoms with E-state index >= 15 is 0 Å². The van der Waals surface area contributed by atoms with Crippen LogP contribution in [0.25, 0.3) is 11.3 Å². The minimum atomic E-state index is 0.868. The molecule has 0 atom stereocenters. The van der Waals surface area contributed by atoms with Crippen LogP contribution in [0, 0.1) is 0 Å². The van der Waals surface area contributed by atoms with Crippen LogP contribution >= 0.6 is 11.3 Å². The Morgan fingerprint density at radius 2 is 2.18 bits per heavy atom. The predicted octanol–water partition coefficient (Wildman–Crippen LogP) is 4.15. The van der Waals surface area contributed by atoms with Crippen molar-refractivity contribution in [1.29, 1.82) is 0 Å². The van der Waals surface area contributed by atoms with Crippen molar-refractivity contribution < 1.29 is 4.42 Å². The number of hydrogen-bond donors (Lipinski definition) is 1. The predicted molar refractivity (Wildman–Crippen MR) is 69.5 cm³/mol. The zero-order valence-electron chi connectivity index (χ0n) is 8.96. The van der Waals surface area contributed by atoms with E-state index in [9.17, 15) is 0 Å². The van der Waals surface area contributed by atoms with E-state index in [2.05, 4.69) is 10.3 Å². The third-order valence-corrected chi connectivity index (χ3v) is 3.04. The van der Waals surface area contributed by atoms with Gasteiger partial charge in [-0.3, -0.25) is 0 Å². The molecule has 0 saturated carbocycles. The van der Waals surface area contributed by atoms with Crippen molar-refractivity contribution in [2.45, 2.75) is 0 Å². The summed E-state index contributed by atoms with van der Waals surface area (Å²) in [6.07, 6.45) is 3.46. The molecule has 2 heterocycles. The average Bonchev–Trinajstić information content (AvgIpc) is 3.01. The molecule has 0 fully saturated rings. The van der Waals surface area contributed by atoms with Gasteiger partial charge in [0.15, 0.2) is 5.13 Å². The lowest BCUT2D eigenvalue weighted by molar-refractivity contribution is 0.582. The highest BCUT2D eigenvalue weighted by Gasteiger charge is 2.02. The summed E-state index contributed by atoms with van der Waals surface area (Å²) < 4.78 is 5.37. The minimum absolute atomic E-state index is 0.868. The highest BCUT2D eigenvalue weighted by molar-refractivity contribution is 7.13. The number of aromatic nitrogens is 1. The molecule has 0 unspecified atom stereocenters. The molecule has 0 aliphatic heterocycles. The highest BCUT2D eigenvalue weighted by Crippen LogP contribution is 2.25. The van der Waals surface area contributed by atoms with E-state index in [-0.39, 0.29) is 0 Å². The second-order valence-electron chi connectivity index (χ2n) is 3.52. The number of hydrogen-bond acceptors (Lipinski definition) is 4. The molecule has 0 amide bonds. The topological polar surface area (TPSA) is 38.1 Å². The lowest BCUT2D eigenvalue weighted by atomic mass is 10.1. The molecule has 0 radical (unpaired) electrons. The summed E-state index contributed by atoms with van der Waals surface area (Å²) in [5.74, 6) is 0.868. The fourth-order valence-corrected chi connectivity index (χ4v) is 2.15. The van der Waals surface area contributed by atoms with E-state index in [4.69, 9.17) is 4.42 Å². The van der Waals surface area contributed by atoms with Crippen LogP contribution in [0.2, 0.25) is 0 Å². The average molecular weight is 242 g/mol. The van der Waals surface area contributed by atoms with Gasteiger partial charge in [-0.05, 0) is 24.3 Å². The maximum absolute atomic E-state index is 5.37. The van der Waals surface area contributed by atoms with Gasteiger partial charge in [-0.25, -0.2) is 4.98 Å². The molecule has 0 aliphatic rings. The summed E-state index contributed by atoms with van der Waals surface area (Å²) in [7, 11) is 0. The van der Waals surface area contributed by atoms with Crippen molar-refractivity contribution in [3.05, 3.63) is 54.2 Å². The standard InChI is InChI=1S/C13H10N2OS/c1-3-10(12-5-2-7-16-12)9-11(4-1)15-13-14-6-8-17-13/h1-9H,(H,14,15). The monoisotopic (exact) mass is 242 g/mol. The molecule has 84 valence electrons. The highest BCUT2D eigenvalue weighted by atomic mass is 32.1. The molecule has 17 heavy (non-hydrogen) atoms. The van der Waals surface area contributed by atoms with Crippen LogP contribution in [0.4, 0.5) is 10.8 Å². The van der Waals surface area contributed by atoms with Crippen LogP contribution < -0.4 is 5.32 Å². The van der Waals surface area contributed by atoms with Gasteiger partial charge < -0.3 is 9.73 Å². The van der Waals surface area contributed by atoms with Crippen molar-refractivity contribution >= 4 is 22.2 Å². The number of anilines is 2. The summed E-state index contributed by atoms with van der Waals surface area (Å²) in [6.45, 7) is 0. The molecule has 4 heteroatoms. The number of thiazole rings is 1. The van der Waals surface area contributed by atoms with E-state index in [0.29, 0.717) is 0 Å². The Kier molecular flexibility index (Phi) is 2.63. The van der Waals surface area contributed by atoms with Gasteiger partial charge in [-0.1, -0.05) is 12.1 Å². The van der Waals surface area contributed by atoms with E-state index in [1.165, 1.54) is 0 Å². The second kappa shape index (κ2) is 4.43. The van der Waals surface area contributed by atoms with Crippen molar-refractivity contribution in [1.82, 2.24) is 4.98 Å². The van der Waals surface area contributed by atoms with E-state index in [1.807, 2.05) is 41.8 Å². The zero-order chi connectivity index (χ0) is 11.5. The number of rotatable bonds is 3. The molecule has 0 aliphatic carbocycles. The van der Waals surface area contributed by atoms with Crippen molar-refractivity contribution in [2.75, 3.05) is 5.32 Å². The van der Waals surface area contributed by atoms with Crippen molar-refractivity contribution in [3.63, 3.8) is 0 Å². The number of benzene rings is 1. The van der Waals surface area contributed by atoms with E-state index in [1.54, 1.807) is 23.8 Å². The van der Waals surface area contributed by atoms with Gasteiger partial charge in [0, 0.05) is 22.8 Å². The van der Waals surface area contributed by atoms with Crippen LogP contribution in [0.1, 0.15) is 0 Å². The largest absolute Gasteiger partial charge is 0.464 e. The first-order valence-electron chi connectivity index (χ1n) is 5.22. The Labute approximate surface area is 103 Å². The molecule has 3 aromatic rings. The molecule has 3 nitrogen and oxygen atoms in total. The van der Waals surface area contributed by atoms with Crippen LogP contribution in [0.15, 0.2) is 58.7 Å². The van der Waals surface area contributed by atoms with Crippen LogP contribution in [-0.2, 0) is 0 Å². The van der Waals surface area contributed by atoms with Gasteiger partial charge in [0.2, 0.25) is 0 Å². The Morgan fingerprint density at radius 3 is 2.94 bits per heavy atom. The fourth-order valence-electron chi connectivity index (χ4n) is 1.60. The zero-order valence-corrected chi connectivity index (χ0v) is 9.78. The Balaban J connectivity index is 1.89. The first kappa shape index (κ1) is 10.1. The first-order chi connectivity index (χ1) is 8.42. The lowest BCUT2D eigenvalue weighted by Gasteiger charge is -2.04. The van der Waals surface area contributed by atoms with Gasteiger partial charge in [-0.15, -0.1) is 11.3 Å². The van der Waals surface area contributed by atoms with E-state index in [0.717, 1.165) is 22.1 Å². The smallest absolute Gasteiger partial charge is 0.187 e. The van der Waals surface area contributed by atoms with Crippen LogP contribution in [0.5, 0.6) is 0 Å². The molecular formula is C13H10N2OS. The molecule has 1 N–H and O–H groups in total. The summed E-state index contributed by atoms with van der Waals surface area (Å²) in [5, 5.41) is 6.09. The fraction of sp³-hybridized carbons (Fsp3) is 0. The maximum atomic E-state index is 5.37. The maximum Gasteiger partial charge on any atom is 0.187 e. The number of furan rings is 1. The van der Waals surface area contributed by atoms with Gasteiger partial charge in [-0.2, -0.15) is 0 Å². The Morgan fingerprint density at radius 1 is 1.18 bits per heavy atom. The molecule has 3 rings (SSSR count). The van der Waals surface area contributed by atoms with Gasteiger partial charge >= 0.3 is 0 Å². The van der Waals surface area contributed by atoms with Crippen molar-refractivity contribution in [2.24, 2.45) is 0 Å². The number of nitrogens with zero attached hydrogens (tertiary/aromatic N) is 1. The summed E-state index contributed by atoms with van der Waals surface area (Å²) in [4.78, 5) is 4.19. The van der Waals surface area contributed by atoms with Crippen LogP contribution in [0.3, 0.4) is 0 Å². The summed E-state index contributed by atoms with van der Waals surface area (Å²) in [5.41, 5.74) is 2.06. The van der Waals surface area contributed by atoms with Gasteiger partial charge in [0.1, 0.15) is 5.76 Å². The van der Waals surface area contributed by atoms with Gasteiger partial charge in [0.25, 0.3) is 0 Å². The summed E-state index contributed by atoms with van der Waals surface area (Å²) >= 11 is 1.58. The van der Waals surface area contributed by atoms with E-state index < -0.39 is 0 Å². The number of nitrogens with one attached hydrogen (secondary N) is 1. The van der Waals surface area contributed by atoms with Gasteiger partial charge in [0.05, 0.1) is 6.26 Å². The van der Waals surface area contributed by atoms with Crippen molar-refractivity contribution in [3.8, 4) is 11.3 Å². The van der Waals surface area contributed by atoms with Crippen LogP contribution in [-0.4, -0.2) is 4.98 Å². The summed E-state index contributed by atoms with van der Waals surface area (Å²) in [6, 6.07) is 11.9. The Hall–Kier alpha value is -2.07. The molecule has 0 saturated heterocycles. The quantitative estimate of drug-likeness (QED) is 0.749. The Bertz CT molecular complexity index is 588. The minimum Gasteiger partial charge on any atom is -0.464 e. The molecule has 1 aromatic carbocycles. The molecule has 2 aromatic heterocycles. The second-order valence-corrected chi connectivity index (χ2v) is 4.41. The molecular weight excluding hydrogens is 232 g/mol. The lowest BCUT2D eigenvalue weighted by Crippen LogP contribution is -1.88. The third kappa shape index (κ3) is 2.21. The normalized spacial score (nSPS) is 10.4. The first-order valence-corrected chi connectivity index (χ1v) is 6.10.